The Labute approximate surface area is 200 Å². The van der Waals surface area contributed by atoms with Crippen LogP contribution in [-0.4, -0.2) is 59.1 Å². The van der Waals surface area contributed by atoms with Crippen molar-refractivity contribution >= 4 is 23.6 Å². The van der Waals surface area contributed by atoms with Gasteiger partial charge in [-0.3, -0.25) is 14.5 Å². The highest BCUT2D eigenvalue weighted by molar-refractivity contribution is 8.05. The summed E-state index contributed by atoms with van der Waals surface area (Å²) in [5.41, 5.74) is 3.36. The van der Waals surface area contributed by atoms with Gasteiger partial charge in [-0.25, -0.2) is 0 Å². The minimum absolute atomic E-state index is 0.0565. The molecule has 0 bridgehead atoms. The van der Waals surface area contributed by atoms with Gasteiger partial charge in [0.1, 0.15) is 0 Å². The maximum Gasteiger partial charge on any atom is 0.416 e. The molecule has 1 heterocycles. The SMILES string of the molecule is C=C(S/C=C\N)[C@]1(O)CC[C@H](N2CC(NC(=O)CNC(=O)c3cccc(C(F)(F)F)c3)C2)CC1. The number of thioether (sulfide) groups is 1. The first-order valence-electron chi connectivity index (χ1n) is 11.0. The van der Waals surface area contributed by atoms with Crippen molar-refractivity contribution in [3.63, 3.8) is 0 Å². The smallest absolute Gasteiger partial charge is 0.404 e. The number of aliphatic hydroxyl groups is 1. The van der Waals surface area contributed by atoms with Gasteiger partial charge in [-0.1, -0.05) is 24.4 Å². The number of alkyl halides is 3. The van der Waals surface area contributed by atoms with Gasteiger partial charge < -0.3 is 21.5 Å². The number of nitrogens with one attached hydrogen (secondary N) is 2. The van der Waals surface area contributed by atoms with Gasteiger partial charge in [0.2, 0.25) is 5.91 Å². The first-order valence-corrected chi connectivity index (χ1v) is 11.8. The lowest BCUT2D eigenvalue weighted by molar-refractivity contribution is -0.137. The standard InChI is InChI=1S/C23H29F3N4O3S/c1-15(34-10-9-27)22(33)7-5-19(6-8-22)30-13-18(14-30)29-20(31)12-28-21(32)16-3-2-4-17(11-16)23(24,25)26/h2-4,9-11,18-19,33H,1,5-8,12-14,27H2,(H,28,32)(H,29,31)/b10-9-/t19-,22-. The number of nitrogens with zero attached hydrogens (tertiary/aromatic N) is 1. The zero-order chi connectivity index (χ0) is 24.9. The van der Waals surface area contributed by atoms with Gasteiger partial charge in [-0.15, -0.1) is 0 Å². The maximum atomic E-state index is 12.8. The van der Waals surface area contributed by atoms with Crippen LogP contribution in [0.15, 0.2) is 47.4 Å². The first-order chi connectivity index (χ1) is 16.0. The molecule has 2 amide bonds. The van der Waals surface area contributed by atoms with Gasteiger partial charge in [0.15, 0.2) is 0 Å². The number of carbonyl (C=O) groups excluding carboxylic acids is 2. The minimum Gasteiger partial charge on any atom is -0.404 e. The average Bonchev–Trinajstić information content (AvgIpc) is 2.78. The van der Waals surface area contributed by atoms with Crippen molar-refractivity contribution in [1.29, 1.82) is 0 Å². The van der Waals surface area contributed by atoms with Crippen molar-refractivity contribution in [1.82, 2.24) is 15.5 Å². The average molecular weight is 499 g/mol. The zero-order valence-electron chi connectivity index (χ0n) is 18.6. The lowest BCUT2D eigenvalue weighted by Gasteiger charge is -2.48. The Morgan fingerprint density at radius 3 is 2.59 bits per heavy atom. The number of amides is 2. The molecule has 0 atom stereocenters. The molecule has 1 aliphatic carbocycles. The summed E-state index contributed by atoms with van der Waals surface area (Å²) in [6.45, 7) is 4.98. The summed E-state index contributed by atoms with van der Waals surface area (Å²) in [7, 11) is 0. The van der Waals surface area contributed by atoms with Crippen LogP contribution in [-0.2, 0) is 11.0 Å². The van der Waals surface area contributed by atoms with Crippen molar-refractivity contribution in [3.8, 4) is 0 Å². The van der Waals surface area contributed by atoms with Crippen LogP contribution < -0.4 is 16.4 Å². The highest BCUT2D eigenvalue weighted by Crippen LogP contribution is 2.40. The predicted molar refractivity (Wildman–Crippen MR) is 125 cm³/mol. The second-order valence-corrected chi connectivity index (χ2v) is 9.61. The Morgan fingerprint density at radius 1 is 1.29 bits per heavy atom. The summed E-state index contributed by atoms with van der Waals surface area (Å²) in [5.74, 6) is -1.14. The third kappa shape index (κ3) is 6.55. The Morgan fingerprint density at radius 2 is 1.97 bits per heavy atom. The monoisotopic (exact) mass is 498 g/mol. The Balaban J connectivity index is 1.37. The van der Waals surface area contributed by atoms with E-state index in [9.17, 15) is 27.9 Å². The summed E-state index contributed by atoms with van der Waals surface area (Å²) >= 11 is 1.33. The fourth-order valence-corrected chi connectivity index (χ4v) is 4.90. The lowest BCUT2D eigenvalue weighted by atomic mass is 9.80. The van der Waals surface area contributed by atoms with Crippen molar-refractivity contribution in [3.05, 3.63) is 58.5 Å². The quantitative estimate of drug-likeness (QED) is 0.439. The van der Waals surface area contributed by atoms with Crippen molar-refractivity contribution in [2.45, 2.75) is 49.5 Å². The lowest BCUT2D eigenvalue weighted by Crippen LogP contribution is -2.63. The summed E-state index contributed by atoms with van der Waals surface area (Å²) < 4.78 is 38.4. The molecule has 1 saturated heterocycles. The molecule has 1 aromatic carbocycles. The molecule has 0 radical (unpaired) electrons. The topological polar surface area (TPSA) is 108 Å². The van der Waals surface area contributed by atoms with Crippen LogP contribution in [0.5, 0.6) is 0 Å². The van der Waals surface area contributed by atoms with E-state index in [0.717, 1.165) is 31.0 Å². The second-order valence-electron chi connectivity index (χ2n) is 8.61. The van der Waals surface area contributed by atoms with Crippen LogP contribution in [0.25, 0.3) is 0 Å². The number of halogens is 3. The Hall–Kier alpha value is -2.50. The van der Waals surface area contributed by atoms with Crippen LogP contribution in [0, 0.1) is 0 Å². The van der Waals surface area contributed by atoms with Gasteiger partial charge >= 0.3 is 6.18 Å². The van der Waals surface area contributed by atoms with Crippen LogP contribution in [0.1, 0.15) is 41.6 Å². The second kappa shape index (κ2) is 10.8. The van der Waals surface area contributed by atoms with Crippen LogP contribution in [0.2, 0.25) is 0 Å². The van der Waals surface area contributed by atoms with E-state index in [1.807, 2.05) is 0 Å². The van der Waals surface area contributed by atoms with Gasteiger partial charge in [-0.2, -0.15) is 13.2 Å². The van der Waals surface area contributed by atoms with Gasteiger partial charge in [0.05, 0.1) is 23.8 Å². The molecule has 2 fully saturated rings. The van der Waals surface area contributed by atoms with Gasteiger partial charge in [-0.05, 0) is 49.3 Å². The van der Waals surface area contributed by atoms with E-state index in [4.69, 9.17) is 5.73 Å². The van der Waals surface area contributed by atoms with E-state index < -0.39 is 29.2 Å². The molecule has 1 aliphatic heterocycles. The highest BCUT2D eigenvalue weighted by Gasteiger charge is 2.40. The molecule has 7 nitrogen and oxygen atoms in total. The Bertz CT molecular complexity index is 940. The number of nitrogens with two attached hydrogens (primary N) is 1. The third-order valence-electron chi connectivity index (χ3n) is 6.24. The molecule has 0 spiro atoms. The van der Waals surface area contributed by atoms with Gasteiger partial charge in [0.25, 0.3) is 5.91 Å². The molecule has 5 N–H and O–H groups in total. The molecule has 3 rings (SSSR count). The van der Waals surface area contributed by atoms with E-state index in [2.05, 4.69) is 22.1 Å². The number of benzene rings is 1. The summed E-state index contributed by atoms with van der Waals surface area (Å²) in [5, 5.41) is 17.7. The predicted octanol–water partition coefficient (Wildman–Crippen LogP) is 2.59. The first kappa shape index (κ1) is 26.1. The molecule has 11 heteroatoms. The van der Waals surface area contributed by atoms with Crippen LogP contribution >= 0.6 is 11.8 Å². The van der Waals surface area contributed by atoms with Crippen molar-refractivity contribution in [2.75, 3.05) is 19.6 Å². The van der Waals surface area contributed by atoms with Gasteiger partial charge in [0, 0.05) is 35.8 Å². The van der Waals surface area contributed by atoms with E-state index in [1.165, 1.54) is 24.0 Å². The normalized spacial score (nSPS) is 23.9. The summed E-state index contributed by atoms with van der Waals surface area (Å²) in [6.07, 6.45) is -0.286. The molecule has 0 unspecified atom stereocenters. The van der Waals surface area contributed by atoms with E-state index in [1.54, 1.807) is 5.41 Å². The number of hydrogen-bond donors (Lipinski definition) is 4. The number of likely N-dealkylation sites (tertiary alicyclic amines) is 1. The largest absolute Gasteiger partial charge is 0.416 e. The molecular weight excluding hydrogens is 469 g/mol. The molecule has 1 saturated carbocycles. The number of rotatable bonds is 8. The molecule has 0 aromatic heterocycles. The molecular formula is C23H29F3N4O3S. The third-order valence-corrected chi connectivity index (χ3v) is 7.20. The highest BCUT2D eigenvalue weighted by atomic mass is 32.2. The minimum atomic E-state index is -4.55. The van der Waals surface area contributed by atoms with Crippen LogP contribution in [0.4, 0.5) is 13.2 Å². The molecule has 2 aliphatic rings. The number of hydrogen-bond acceptors (Lipinski definition) is 6. The fraction of sp³-hybridized carbons (Fsp3) is 0.478. The van der Waals surface area contributed by atoms with Crippen LogP contribution in [0.3, 0.4) is 0 Å². The van der Waals surface area contributed by atoms with Crippen molar-refractivity contribution in [2.24, 2.45) is 5.73 Å². The van der Waals surface area contributed by atoms with Crippen molar-refractivity contribution < 1.29 is 27.9 Å². The maximum absolute atomic E-state index is 12.8. The molecule has 1 aromatic rings. The molecule has 186 valence electrons. The van der Waals surface area contributed by atoms with E-state index in [0.29, 0.717) is 36.9 Å². The summed E-state index contributed by atoms with van der Waals surface area (Å²) in [6, 6.07) is 4.31. The summed E-state index contributed by atoms with van der Waals surface area (Å²) in [4.78, 5) is 27.2. The zero-order valence-corrected chi connectivity index (χ0v) is 19.4. The van der Waals surface area contributed by atoms with E-state index >= 15 is 0 Å². The molecule has 34 heavy (non-hydrogen) atoms. The number of carbonyl (C=O) groups is 2. The fourth-order valence-electron chi connectivity index (χ4n) is 4.24. The van der Waals surface area contributed by atoms with E-state index in [-0.39, 0.29) is 18.2 Å². The Kier molecular flexibility index (Phi) is 8.32.